The van der Waals surface area contributed by atoms with E-state index in [2.05, 4.69) is 13.8 Å². The molecule has 27 heavy (non-hydrogen) atoms. The van der Waals surface area contributed by atoms with Gasteiger partial charge >= 0.3 is 17.9 Å². The van der Waals surface area contributed by atoms with Gasteiger partial charge in [0.15, 0.2) is 0 Å². The van der Waals surface area contributed by atoms with Gasteiger partial charge in [0, 0.05) is 0 Å². The van der Waals surface area contributed by atoms with Crippen LogP contribution in [0.1, 0.15) is 96.3 Å². The number of carbonyl (C=O) groups is 3. The van der Waals surface area contributed by atoms with Gasteiger partial charge in [-0.2, -0.15) is 0 Å². The molecule has 1 rings (SSSR count). The molecule has 150 valence electrons. The van der Waals surface area contributed by atoms with E-state index in [1.165, 1.54) is 18.2 Å². The molecule has 0 spiro atoms. The maximum atomic E-state index is 12.4. The summed E-state index contributed by atoms with van der Waals surface area (Å²) in [5.74, 6) is -2.51. The van der Waals surface area contributed by atoms with Crippen molar-refractivity contribution in [2.45, 2.75) is 65.2 Å². The number of esters is 2. The third-order valence-corrected chi connectivity index (χ3v) is 4.17. The first-order chi connectivity index (χ1) is 13.0. The Morgan fingerprint density at radius 3 is 1.78 bits per heavy atom. The van der Waals surface area contributed by atoms with Crippen molar-refractivity contribution < 1.29 is 29.0 Å². The lowest BCUT2D eigenvalue weighted by atomic mass is 10.0. The average molecular weight is 378 g/mol. The molecule has 0 aliphatic rings. The molecule has 0 aliphatic heterocycles. The summed E-state index contributed by atoms with van der Waals surface area (Å²) in [4.78, 5) is 35.9. The SMILES string of the molecule is CCCCCCOC(=O)c1ccc(C(=O)O)cc1C(=O)OCCCCCC. The van der Waals surface area contributed by atoms with Gasteiger partial charge in [0.2, 0.25) is 0 Å². The number of carboxylic acids is 1. The Balaban J connectivity index is 2.79. The number of hydrogen-bond acceptors (Lipinski definition) is 5. The quantitative estimate of drug-likeness (QED) is 0.389. The van der Waals surface area contributed by atoms with Crippen molar-refractivity contribution in [1.82, 2.24) is 0 Å². The molecule has 1 aromatic carbocycles. The van der Waals surface area contributed by atoms with Crippen molar-refractivity contribution >= 4 is 17.9 Å². The largest absolute Gasteiger partial charge is 0.478 e. The van der Waals surface area contributed by atoms with Crippen molar-refractivity contribution in [2.75, 3.05) is 13.2 Å². The summed E-state index contributed by atoms with van der Waals surface area (Å²) in [7, 11) is 0. The minimum Gasteiger partial charge on any atom is -0.478 e. The lowest BCUT2D eigenvalue weighted by Crippen LogP contribution is -2.16. The van der Waals surface area contributed by atoms with E-state index in [1.54, 1.807) is 0 Å². The van der Waals surface area contributed by atoms with Crippen LogP contribution < -0.4 is 0 Å². The number of ether oxygens (including phenoxy) is 2. The lowest BCUT2D eigenvalue weighted by Gasteiger charge is -2.11. The Kier molecular flexibility index (Phi) is 10.8. The average Bonchev–Trinajstić information content (AvgIpc) is 2.66. The first-order valence-corrected chi connectivity index (χ1v) is 9.72. The van der Waals surface area contributed by atoms with Crippen LogP contribution in [0.3, 0.4) is 0 Å². The predicted octanol–water partition coefficient (Wildman–Crippen LogP) is 4.86. The molecular weight excluding hydrogens is 348 g/mol. The second kappa shape index (κ2) is 12.9. The molecule has 0 saturated heterocycles. The topological polar surface area (TPSA) is 89.9 Å². The van der Waals surface area contributed by atoms with Gasteiger partial charge in [-0.05, 0) is 31.0 Å². The standard InChI is InChI=1S/C21H30O6/c1-3-5-7-9-13-26-20(24)17-12-11-16(19(22)23)15-18(17)21(25)27-14-10-8-6-4-2/h11-12,15H,3-10,13-14H2,1-2H3,(H,22,23). The molecule has 1 N–H and O–H groups in total. The number of benzene rings is 1. The Hall–Kier alpha value is -2.37. The summed E-state index contributed by atoms with van der Waals surface area (Å²) in [6.45, 7) is 4.69. The van der Waals surface area contributed by atoms with E-state index in [1.807, 2.05) is 0 Å². The maximum absolute atomic E-state index is 12.4. The number of carbonyl (C=O) groups excluding carboxylic acids is 2. The first kappa shape index (κ1) is 22.7. The molecule has 1 aromatic rings. The lowest BCUT2D eigenvalue weighted by molar-refractivity contribution is 0.0450. The summed E-state index contributed by atoms with van der Waals surface area (Å²) in [5.41, 5.74) is -0.106. The molecule has 0 heterocycles. The molecule has 0 aliphatic carbocycles. The Labute approximate surface area is 160 Å². The van der Waals surface area contributed by atoms with E-state index in [-0.39, 0.29) is 29.9 Å². The highest BCUT2D eigenvalue weighted by Gasteiger charge is 2.21. The Bertz CT molecular complexity index is 623. The zero-order valence-corrected chi connectivity index (χ0v) is 16.3. The molecule has 0 amide bonds. The van der Waals surface area contributed by atoms with Crippen LogP contribution in [0.25, 0.3) is 0 Å². The monoisotopic (exact) mass is 378 g/mol. The van der Waals surface area contributed by atoms with Crippen LogP contribution in [0.4, 0.5) is 0 Å². The fourth-order valence-electron chi connectivity index (χ4n) is 2.57. The summed E-state index contributed by atoms with van der Waals surface area (Å²) in [6, 6.07) is 3.77. The number of hydrogen-bond donors (Lipinski definition) is 1. The number of unbranched alkanes of at least 4 members (excludes halogenated alkanes) is 6. The van der Waals surface area contributed by atoms with Gasteiger partial charge in [-0.1, -0.05) is 52.4 Å². The maximum Gasteiger partial charge on any atom is 0.339 e. The van der Waals surface area contributed by atoms with Crippen molar-refractivity contribution in [3.8, 4) is 0 Å². The van der Waals surface area contributed by atoms with E-state index in [0.717, 1.165) is 51.4 Å². The van der Waals surface area contributed by atoms with Gasteiger partial charge in [-0.25, -0.2) is 14.4 Å². The second-order valence-electron chi connectivity index (χ2n) is 6.46. The zero-order valence-electron chi connectivity index (χ0n) is 16.3. The molecule has 0 radical (unpaired) electrons. The Morgan fingerprint density at radius 2 is 1.30 bits per heavy atom. The molecule has 0 fully saturated rings. The summed E-state index contributed by atoms with van der Waals surface area (Å²) < 4.78 is 10.4. The zero-order chi connectivity index (χ0) is 20.1. The highest BCUT2D eigenvalue weighted by Crippen LogP contribution is 2.16. The van der Waals surface area contributed by atoms with Crippen LogP contribution in [-0.2, 0) is 9.47 Å². The van der Waals surface area contributed by atoms with Crippen LogP contribution in [0.5, 0.6) is 0 Å². The van der Waals surface area contributed by atoms with E-state index in [9.17, 15) is 14.4 Å². The van der Waals surface area contributed by atoms with Gasteiger partial charge in [-0.3, -0.25) is 0 Å². The highest BCUT2D eigenvalue weighted by molar-refractivity contribution is 6.05. The summed E-state index contributed by atoms with van der Waals surface area (Å²) in [6.07, 6.45) is 7.68. The molecular formula is C21H30O6. The minimum absolute atomic E-state index is 0.0362. The predicted molar refractivity (Wildman–Crippen MR) is 102 cm³/mol. The van der Waals surface area contributed by atoms with Crippen LogP contribution in [0, 0.1) is 0 Å². The van der Waals surface area contributed by atoms with Gasteiger partial charge in [0.1, 0.15) is 0 Å². The molecule has 6 heteroatoms. The van der Waals surface area contributed by atoms with Crippen LogP contribution in [-0.4, -0.2) is 36.2 Å². The van der Waals surface area contributed by atoms with Crippen LogP contribution in [0.15, 0.2) is 18.2 Å². The van der Waals surface area contributed by atoms with Gasteiger partial charge in [-0.15, -0.1) is 0 Å². The third kappa shape index (κ3) is 8.24. The number of aromatic carboxylic acids is 1. The van der Waals surface area contributed by atoms with Crippen LogP contribution in [0.2, 0.25) is 0 Å². The van der Waals surface area contributed by atoms with E-state index in [0.29, 0.717) is 0 Å². The molecule has 0 unspecified atom stereocenters. The third-order valence-electron chi connectivity index (χ3n) is 4.17. The first-order valence-electron chi connectivity index (χ1n) is 9.72. The van der Waals surface area contributed by atoms with Crippen molar-refractivity contribution in [1.29, 1.82) is 0 Å². The minimum atomic E-state index is -1.17. The van der Waals surface area contributed by atoms with Gasteiger partial charge < -0.3 is 14.6 Å². The highest BCUT2D eigenvalue weighted by atomic mass is 16.5. The van der Waals surface area contributed by atoms with Crippen LogP contribution >= 0.6 is 0 Å². The van der Waals surface area contributed by atoms with E-state index < -0.39 is 17.9 Å². The van der Waals surface area contributed by atoms with Crippen molar-refractivity contribution in [2.24, 2.45) is 0 Å². The van der Waals surface area contributed by atoms with E-state index in [4.69, 9.17) is 14.6 Å². The Morgan fingerprint density at radius 1 is 0.778 bits per heavy atom. The summed E-state index contributed by atoms with van der Waals surface area (Å²) in [5, 5.41) is 9.15. The molecule has 0 atom stereocenters. The van der Waals surface area contributed by atoms with Crippen molar-refractivity contribution in [3.05, 3.63) is 34.9 Å². The van der Waals surface area contributed by atoms with Crippen molar-refractivity contribution in [3.63, 3.8) is 0 Å². The number of carboxylic acid groups (broad SMARTS) is 1. The molecule has 0 saturated carbocycles. The summed E-state index contributed by atoms with van der Waals surface area (Å²) >= 11 is 0. The van der Waals surface area contributed by atoms with Gasteiger partial charge in [0.05, 0.1) is 29.9 Å². The molecule has 0 aromatic heterocycles. The second-order valence-corrected chi connectivity index (χ2v) is 6.46. The van der Waals surface area contributed by atoms with E-state index >= 15 is 0 Å². The fourth-order valence-corrected chi connectivity index (χ4v) is 2.57. The fraction of sp³-hybridized carbons (Fsp3) is 0.571. The molecule has 6 nitrogen and oxygen atoms in total. The normalized spacial score (nSPS) is 10.4. The smallest absolute Gasteiger partial charge is 0.339 e. The molecule has 0 bridgehead atoms. The van der Waals surface area contributed by atoms with Gasteiger partial charge in [0.25, 0.3) is 0 Å². The number of rotatable bonds is 13.